The van der Waals surface area contributed by atoms with Crippen LogP contribution in [-0.2, 0) is 0 Å². The van der Waals surface area contributed by atoms with Crippen LogP contribution in [-0.4, -0.2) is 9.97 Å². The molecule has 0 bridgehead atoms. The smallest absolute Gasteiger partial charge is 0.170 e. The van der Waals surface area contributed by atoms with Gasteiger partial charge in [0, 0.05) is 30.4 Å². The molecule has 3 aromatic rings. The zero-order chi connectivity index (χ0) is 15.7. The van der Waals surface area contributed by atoms with Crippen molar-refractivity contribution in [2.75, 3.05) is 0 Å². The maximum atomic E-state index is 14.3. The van der Waals surface area contributed by atoms with E-state index in [1.165, 1.54) is 42.9 Å². The summed E-state index contributed by atoms with van der Waals surface area (Å²) in [6.07, 6.45) is 5.07. The molecule has 3 rings (SSSR count). The lowest BCUT2D eigenvalue weighted by Gasteiger charge is -2.12. The normalized spacial score (nSPS) is 10.7. The number of halogens is 4. The van der Waals surface area contributed by atoms with Gasteiger partial charge in [-0.3, -0.25) is 9.97 Å². The molecule has 2 aromatic heterocycles. The van der Waals surface area contributed by atoms with Crippen LogP contribution in [0.2, 0.25) is 0 Å². The van der Waals surface area contributed by atoms with Crippen LogP contribution in [0.3, 0.4) is 0 Å². The monoisotopic (exact) mass is 304 g/mol. The first-order chi connectivity index (χ1) is 10.6. The maximum Gasteiger partial charge on any atom is 0.170 e. The first-order valence-electron chi connectivity index (χ1n) is 6.28. The van der Waals surface area contributed by atoms with Gasteiger partial charge in [0.1, 0.15) is 0 Å². The summed E-state index contributed by atoms with van der Waals surface area (Å²) >= 11 is 0. The molecule has 0 saturated carbocycles. The predicted molar refractivity (Wildman–Crippen MR) is 72.7 cm³/mol. The van der Waals surface area contributed by atoms with Crippen molar-refractivity contribution >= 4 is 0 Å². The van der Waals surface area contributed by atoms with E-state index in [9.17, 15) is 17.6 Å². The Bertz CT molecular complexity index is 721. The van der Waals surface area contributed by atoms with E-state index in [-0.39, 0.29) is 11.1 Å². The van der Waals surface area contributed by atoms with E-state index in [0.717, 1.165) is 6.20 Å². The van der Waals surface area contributed by atoms with E-state index in [2.05, 4.69) is 9.97 Å². The quantitative estimate of drug-likeness (QED) is 0.519. The zero-order valence-corrected chi connectivity index (χ0v) is 11.0. The number of hydrogen-bond acceptors (Lipinski definition) is 2. The van der Waals surface area contributed by atoms with Crippen molar-refractivity contribution in [3.8, 4) is 22.3 Å². The number of nitrogens with zero attached hydrogens (tertiary/aromatic N) is 2. The molecule has 6 heteroatoms. The fourth-order valence-corrected chi connectivity index (χ4v) is 2.17. The molecule has 0 fully saturated rings. The topological polar surface area (TPSA) is 25.8 Å². The van der Waals surface area contributed by atoms with Gasteiger partial charge < -0.3 is 0 Å². The molecule has 0 spiro atoms. The fourth-order valence-electron chi connectivity index (χ4n) is 2.17. The Hall–Kier alpha value is -2.76. The highest BCUT2D eigenvalue weighted by Gasteiger charge is 2.27. The lowest BCUT2D eigenvalue weighted by atomic mass is 9.98. The summed E-state index contributed by atoms with van der Waals surface area (Å²) in [7, 11) is 0. The summed E-state index contributed by atoms with van der Waals surface area (Å²) in [5.74, 6) is -5.83. The number of rotatable bonds is 2. The van der Waals surface area contributed by atoms with Gasteiger partial charge in [-0.05, 0) is 23.8 Å². The van der Waals surface area contributed by atoms with Gasteiger partial charge in [0.25, 0.3) is 0 Å². The van der Waals surface area contributed by atoms with Crippen LogP contribution in [0.1, 0.15) is 0 Å². The van der Waals surface area contributed by atoms with Gasteiger partial charge >= 0.3 is 0 Å². The van der Waals surface area contributed by atoms with Crippen molar-refractivity contribution in [2.24, 2.45) is 0 Å². The van der Waals surface area contributed by atoms with E-state index >= 15 is 0 Å². The standard InChI is InChI=1S/C16H8F4N2/c17-13-11(9-3-6-21-7-4-9)14(18)16(20)12(15(13)19)10-2-1-5-22-8-10/h1-8H. The molecule has 0 radical (unpaired) electrons. The van der Waals surface area contributed by atoms with Gasteiger partial charge in [-0.1, -0.05) is 6.07 Å². The largest absolute Gasteiger partial charge is 0.265 e. The van der Waals surface area contributed by atoms with Crippen LogP contribution in [0.4, 0.5) is 17.6 Å². The average molecular weight is 304 g/mol. The van der Waals surface area contributed by atoms with Crippen LogP contribution < -0.4 is 0 Å². The highest BCUT2D eigenvalue weighted by atomic mass is 19.2. The first kappa shape index (κ1) is 14.2. The molecule has 0 unspecified atom stereocenters. The molecule has 0 amide bonds. The third-order valence-electron chi connectivity index (χ3n) is 3.18. The molecular weight excluding hydrogens is 296 g/mol. The summed E-state index contributed by atoms with van der Waals surface area (Å²) in [4.78, 5) is 7.40. The SMILES string of the molecule is Fc1c(F)c(-c2cccnc2)c(F)c(F)c1-c1ccncc1. The molecule has 0 N–H and O–H groups in total. The van der Waals surface area contributed by atoms with E-state index < -0.39 is 34.4 Å². The van der Waals surface area contributed by atoms with Crippen LogP contribution in [0.5, 0.6) is 0 Å². The van der Waals surface area contributed by atoms with E-state index in [1.54, 1.807) is 0 Å². The van der Waals surface area contributed by atoms with Gasteiger partial charge in [0.2, 0.25) is 0 Å². The van der Waals surface area contributed by atoms with Gasteiger partial charge in [0.05, 0.1) is 11.1 Å². The Morgan fingerprint density at radius 1 is 0.591 bits per heavy atom. The Kier molecular flexibility index (Phi) is 3.58. The summed E-state index contributed by atoms with van der Waals surface area (Å²) in [5, 5.41) is 0. The average Bonchev–Trinajstić information content (AvgIpc) is 2.55. The number of hydrogen-bond donors (Lipinski definition) is 0. The number of pyridine rings is 2. The molecule has 2 heterocycles. The second-order valence-corrected chi connectivity index (χ2v) is 4.48. The van der Waals surface area contributed by atoms with Crippen LogP contribution in [0.15, 0.2) is 49.1 Å². The molecule has 110 valence electrons. The fraction of sp³-hybridized carbons (Fsp3) is 0. The molecule has 2 nitrogen and oxygen atoms in total. The summed E-state index contributed by atoms with van der Waals surface area (Å²) < 4.78 is 57.0. The summed E-state index contributed by atoms with van der Waals surface area (Å²) in [6.45, 7) is 0. The minimum absolute atomic E-state index is 0.000497. The number of aromatic nitrogens is 2. The lowest BCUT2D eigenvalue weighted by Crippen LogP contribution is -2.03. The summed E-state index contributed by atoms with van der Waals surface area (Å²) in [6, 6.07) is 5.27. The van der Waals surface area contributed by atoms with E-state index in [0.29, 0.717) is 0 Å². The predicted octanol–water partition coefficient (Wildman–Crippen LogP) is 4.37. The Morgan fingerprint density at radius 2 is 1.14 bits per heavy atom. The molecule has 0 aliphatic rings. The molecule has 0 aliphatic carbocycles. The van der Waals surface area contributed by atoms with E-state index in [1.807, 2.05) is 0 Å². The van der Waals surface area contributed by atoms with Crippen molar-refractivity contribution in [1.82, 2.24) is 9.97 Å². The first-order valence-corrected chi connectivity index (χ1v) is 6.28. The minimum atomic E-state index is -1.46. The maximum absolute atomic E-state index is 14.3. The second-order valence-electron chi connectivity index (χ2n) is 4.48. The van der Waals surface area contributed by atoms with Crippen LogP contribution in [0, 0.1) is 23.3 Å². The van der Waals surface area contributed by atoms with Crippen molar-refractivity contribution in [3.05, 3.63) is 72.3 Å². The third kappa shape index (κ3) is 2.22. The van der Waals surface area contributed by atoms with Crippen molar-refractivity contribution in [2.45, 2.75) is 0 Å². The Morgan fingerprint density at radius 3 is 1.64 bits per heavy atom. The zero-order valence-electron chi connectivity index (χ0n) is 11.0. The van der Waals surface area contributed by atoms with Crippen LogP contribution in [0.25, 0.3) is 22.3 Å². The van der Waals surface area contributed by atoms with Gasteiger partial charge in [0.15, 0.2) is 23.3 Å². The highest BCUT2D eigenvalue weighted by Crippen LogP contribution is 2.36. The summed E-state index contributed by atoms with van der Waals surface area (Å²) in [5.41, 5.74) is -1.58. The molecule has 1 aromatic carbocycles. The lowest BCUT2D eigenvalue weighted by molar-refractivity contribution is 0.463. The van der Waals surface area contributed by atoms with Crippen molar-refractivity contribution in [1.29, 1.82) is 0 Å². The van der Waals surface area contributed by atoms with Gasteiger partial charge in [-0.15, -0.1) is 0 Å². The highest BCUT2D eigenvalue weighted by molar-refractivity contribution is 5.72. The Balaban J connectivity index is 2.31. The van der Waals surface area contributed by atoms with Crippen LogP contribution >= 0.6 is 0 Å². The third-order valence-corrected chi connectivity index (χ3v) is 3.18. The Labute approximate surface area is 123 Å². The van der Waals surface area contributed by atoms with Gasteiger partial charge in [-0.25, -0.2) is 17.6 Å². The van der Waals surface area contributed by atoms with E-state index in [4.69, 9.17) is 0 Å². The molecule has 0 atom stereocenters. The minimum Gasteiger partial charge on any atom is -0.265 e. The molecule has 22 heavy (non-hydrogen) atoms. The van der Waals surface area contributed by atoms with Gasteiger partial charge in [-0.2, -0.15) is 0 Å². The second kappa shape index (κ2) is 5.55. The number of benzene rings is 1. The molecule has 0 aliphatic heterocycles. The molecular formula is C16H8F4N2. The van der Waals surface area contributed by atoms with Crippen molar-refractivity contribution in [3.63, 3.8) is 0 Å². The van der Waals surface area contributed by atoms with Crippen molar-refractivity contribution < 1.29 is 17.6 Å². The molecule has 0 saturated heterocycles.